The fraction of sp³-hybridized carbons (Fsp3) is 0.167. The van der Waals surface area contributed by atoms with Crippen molar-refractivity contribution >= 4 is 17.5 Å². The molecule has 3 rings (SSSR count). The van der Waals surface area contributed by atoms with Crippen molar-refractivity contribution in [3.63, 3.8) is 0 Å². The molecule has 6 nitrogen and oxygen atoms in total. The summed E-state index contributed by atoms with van der Waals surface area (Å²) in [7, 11) is 0. The number of hydrogen-bond donors (Lipinski definition) is 1. The van der Waals surface area contributed by atoms with Gasteiger partial charge in [-0.05, 0) is 43.3 Å². The van der Waals surface area contributed by atoms with E-state index in [9.17, 15) is 4.79 Å². The Labute approximate surface area is 150 Å². The van der Waals surface area contributed by atoms with E-state index in [1.54, 1.807) is 41.3 Å². The van der Waals surface area contributed by atoms with E-state index in [0.717, 1.165) is 5.69 Å². The zero-order valence-electron chi connectivity index (χ0n) is 13.6. The predicted octanol–water partition coefficient (Wildman–Crippen LogP) is 3.04. The van der Waals surface area contributed by atoms with E-state index in [2.05, 4.69) is 15.4 Å². The lowest BCUT2D eigenvalue weighted by Gasteiger charge is -2.08. The topological polar surface area (TPSA) is 69.0 Å². The van der Waals surface area contributed by atoms with Crippen LogP contribution < -0.4 is 10.1 Å². The van der Waals surface area contributed by atoms with Crippen LogP contribution in [0, 0.1) is 6.92 Å². The Kier molecular flexibility index (Phi) is 5.30. The first-order valence-electron chi connectivity index (χ1n) is 7.78. The Hall–Kier alpha value is -2.86. The second kappa shape index (κ2) is 7.81. The summed E-state index contributed by atoms with van der Waals surface area (Å²) in [5, 5.41) is 7.72. The Morgan fingerprint density at radius 1 is 1.24 bits per heavy atom. The molecule has 0 unspecified atom stereocenters. The number of nitrogens with one attached hydrogen (secondary N) is 1. The molecular weight excluding hydrogens is 340 g/mol. The van der Waals surface area contributed by atoms with Gasteiger partial charge < -0.3 is 10.1 Å². The van der Waals surface area contributed by atoms with Crippen LogP contribution in [0.25, 0.3) is 5.82 Å². The molecule has 0 spiro atoms. The average Bonchev–Trinajstić information content (AvgIpc) is 3.02. The Morgan fingerprint density at radius 3 is 2.76 bits per heavy atom. The molecular formula is C18H17ClN4O2. The molecule has 2 heterocycles. The van der Waals surface area contributed by atoms with Gasteiger partial charge in [-0.1, -0.05) is 17.7 Å². The van der Waals surface area contributed by atoms with Crippen LogP contribution in [0.1, 0.15) is 16.1 Å². The number of benzene rings is 1. The highest BCUT2D eigenvalue weighted by Crippen LogP contribution is 2.15. The number of ether oxygens (including phenoxy) is 1. The zero-order chi connectivity index (χ0) is 17.6. The highest BCUT2D eigenvalue weighted by molar-refractivity contribution is 6.30. The van der Waals surface area contributed by atoms with E-state index in [4.69, 9.17) is 16.3 Å². The fourth-order valence-electron chi connectivity index (χ4n) is 2.30. The molecule has 3 aromatic rings. The largest absolute Gasteiger partial charge is 0.492 e. The van der Waals surface area contributed by atoms with Crippen molar-refractivity contribution in [2.75, 3.05) is 13.2 Å². The smallest absolute Gasteiger partial charge is 0.254 e. The first kappa shape index (κ1) is 17.0. The van der Waals surface area contributed by atoms with E-state index in [1.165, 1.54) is 0 Å². The Balaban J connectivity index is 1.55. The van der Waals surface area contributed by atoms with Gasteiger partial charge >= 0.3 is 0 Å². The van der Waals surface area contributed by atoms with Gasteiger partial charge in [0, 0.05) is 11.2 Å². The predicted molar refractivity (Wildman–Crippen MR) is 95.4 cm³/mol. The highest BCUT2D eigenvalue weighted by Gasteiger charge is 2.15. The third-order valence-electron chi connectivity index (χ3n) is 3.59. The molecule has 7 heteroatoms. The Morgan fingerprint density at radius 2 is 2.04 bits per heavy atom. The van der Waals surface area contributed by atoms with Crippen LogP contribution in [0.5, 0.6) is 5.75 Å². The van der Waals surface area contributed by atoms with Gasteiger partial charge in [0.05, 0.1) is 24.0 Å². The number of pyridine rings is 1. The minimum absolute atomic E-state index is 0.195. The average molecular weight is 357 g/mol. The van der Waals surface area contributed by atoms with Gasteiger partial charge in [-0.25, -0.2) is 9.67 Å². The van der Waals surface area contributed by atoms with E-state index < -0.39 is 0 Å². The molecule has 1 aromatic carbocycles. The lowest BCUT2D eigenvalue weighted by Crippen LogP contribution is -2.28. The van der Waals surface area contributed by atoms with Crippen LogP contribution in [-0.4, -0.2) is 33.8 Å². The number of nitrogens with zero attached hydrogens (tertiary/aromatic N) is 3. The standard InChI is InChI=1S/C18H17ClN4O2/c1-13-16(12-22-23(13)17-4-2-3-9-20-17)18(24)21-10-11-25-15-7-5-14(19)6-8-15/h2-9,12H,10-11H2,1H3,(H,21,24). The fourth-order valence-corrected chi connectivity index (χ4v) is 2.43. The van der Waals surface area contributed by atoms with Gasteiger partial charge in [-0.2, -0.15) is 5.10 Å². The number of halogens is 1. The molecule has 1 N–H and O–H groups in total. The minimum atomic E-state index is -0.195. The molecule has 0 saturated carbocycles. The summed E-state index contributed by atoms with van der Waals surface area (Å²) in [4.78, 5) is 16.5. The molecule has 0 aliphatic carbocycles. The van der Waals surface area contributed by atoms with Gasteiger partial charge in [0.25, 0.3) is 5.91 Å². The van der Waals surface area contributed by atoms with Crippen LogP contribution in [-0.2, 0) is 0 Å². The summed E-state index contributed by atoms with van der Waals surface area (Å²) in [6.45, 7) is 2.58. The monoisotopic (exact) mass is 356 g/mol. The molecule has 2 aromatic heterocycles. The van der Waals surface area contributed by atoms with Crippen LogP contribution >= 0.6 is 11.6 Å². The number of carbonyl (C=O) groups excluding carboxylic acids is 1. The van der Waals surface area contributed by atoms with Crippen molar-refractivity contribution in [1.82, 2.24) is 20.1 Å². The van der Waals surface area contributed by atoms with Crippen LogP contribution in [0.15, 0.2) is 54.9 Å². The highest BCUT2D eigenvalue weighted by atomic mass is 35.5. The molecule has 128 valence electrons. The molecule has 0 bridgehead atoms. The van der Waals surface area contributed by atoms with Gasteiger partial charge in [-0.15, -0.1) is 0 Å². The summed E-state index contributed by atoms with van der Waals surface area (Å²) in [6, 6.07) is 12.6. The van der Waals surface area contributed by atoms with Gasteiger partial charge in [0.2, 0.25) is 0 Å². The van der Waals surface area contributed by atoms with Crippen molar-refractivity contribution in [3.8, 4) is 11.6 Å². The molecule has 0 aliphatic heterocycles. The van der Waals surface area contributed by atoms with E-state index >= 15 is 0 Å². The van der Waals surface area contributed by atoms with Crippen LogP contribution in [0.4, 0.5) is 0 Å². The van der Waals surface area contributed by atoms with Crippen molar-refractivity contribution in [1.29, 1.82) is 0 Å². The summed E-state index contributed by atoms with van der Waals surface area (Å²) in [5.41, 5.74) is 1.24. The van der Waals surface area contributed by atoms with Crippen molar-refractivity contribution in [3.05, 3.63) is 71.1 Å². The Bertz CT molecular complexity index is 847. The molecule has 0 saturated heterocycles. The van der Waals surface area contributed by atoms with E-state index in [0.29, 0.717) is 35.3 Å². The maximum atomic E-state index is 12.3. The quantitative estimate of drug-likeness (QED) is 0.689. The number of rotatable bonds is 6. The zero-order valence-corrected chi connectivity index (χ0v) is 14.4. The maximum absolute atomic E-state index is 12.3. The summed E-state index contributed by atoms with van der Waals surface area (Å²) < 4.78 is 7.19. The van der Waals surface area contributed by atoms with Gasteiger partial charge in [0.15, 0.2) is 5.82 Å². The lowest BCUT2D eigenvalue weighted by atomic mass is 10.2. The minimum Gasteiger partial charge on any atom is -0.492 e. The van der Waals surface area contributed by atoms with Crippen molar-refractivity contribution < 1.29 is 9.53 Å². The summed E-state index contributed by atoms with van der Waals surface area (Å²) in [6.07, 6.45) is 3.23. The maximum Gasteiger partial charge on any atom is 0.254 e. The molecule has 0 radical (unpaired) electrons. The van der Waals surface area contributed by atoms with Gasteiger partial charge in [-0.3, -0.25) is 4.79 Å². The van der Waals surface area contributed by atoms with E-state index in [-0.39, 0.29) is 5.91 Å². The summed E-state index contributed by atoms with van der Waals surface area (Å²) in [5.74, 6) is 1.18. The number of hydrogen-bond acceptors (Lipinski definition) is 4. The SMILES string of the molecule is Cc1c(C(=O)NCCOc2ccc(Cl)cc2)cnn1-c1ccccn1. The van der Waals surface area contributed by atoms with Gasteiger partial charge in [0.1, 0.15) is 12.4 Å². The number of amides is 1. The molecule has 25 heavy (non-hydrogen) atoms. The molecule has 0 atom stereocenters. The number of carbonyl (C=O) groups is 1. The second-order valence-electron chi connectivity index (χ2n) is 5.30. The lowest BCUT2D eigenvalue weighted by molar-refractivity contribution is 0.0946. The molecule has 1 amide bonds. The normalized spacial score (nSPS) is 10.5. The first-order chi connectivity index (χ1) is 12.1. The second-order valence-corrected chi connectivity index (χ2v) is 5.74. The van der Waals surface area contributed by atoms with E-state index in [1.807, 2.05) is 25.1 Å². The molecule has 0 aliphatic rings. The molecule has 0 fully saturated rings. The van der Waals surface area contributed by atoms with Crippen LogP contribution in [0.3, 0.4) is 0 Å². The summed E-state index contributed by atoms with van der Waals surface area (Å²) >= 11 is 5.82. The number of aromatic nitrogens is 3. The first-order valence-corrected chi connectivity index (χ1v) is 8.15. The van der Waals surface area contributed by atoms with Crippen LogP contribution in [0.2, 0.25) is 5.02 Å². The van der Waals surface area contributed by atoms with Crippen molar-refractivity contribution in [2.24, 2.45) is 0 Å². The van der Waals surface area contributed by atoms with Crippen molar-refractivity contribution in [2.45, 2.75) is 6.92 Å². The third kappa shape index (κ3) is 4.16. The third-order valence-corrected chi connectivity index (χ3v) is 3.84.